The third-order valence-electron chi connectivity index (χ3n) is 2.93. The summed E-state index contributed by atoms with van der Waals surface area (Å²) in [4.78, 5) is 23.0. The van der Waals surface area contributed by atoms with Gasteiger partial charge in [0, 0.05) is 5.56 Å². The molecule has 7 nitrogen and oxygen atoms in total. The normalized spacial score (nSPS) is 10.0. The summed E-state index contributed by atoms with van der Waals surface area (Å²) >= 11 is 0. The number of benzene rings is 2. The van der Waals surface area contributed by atoms with Gasteiger partial charge in [0.25, 0.3) is 0 Å². The number of amides is 3. The molecule has 2 aromatic carbocycles. The number of primary amides is 1. The number of aromatic hydroxyl groups is 2. The molecule has 0 fully saturated rings. The molecule has 0 aliphatic carbocycles. The molecule has 2 aromatic rings. The summed E-state index contributed by atoms with van der Waals surface area (Å²) in [6, 6.07) is 7.93. The molecule has 0 bridgehead atoms. The van der Waals surface area contributed by atoms with Crippen LogP contribution in [0.4, 0.5) is 16.2 Å². The van der Waals surface area contributed by atoms with Gasteiger partial charge in [0.05, 0.1) is 11.4 Å². The quantitative estimate of drug-likeness (QED) is 0.557. The molecule has 0 saturated carbocycles. The Hall–Kier alpha value is -3.22. The Morgan fingerprint density at radius 2 is 1.64 bits per heavy atom. The molecular weight excluding hydrogens is 286 g/mol. The number of nitrogens with two attached hydrogens (primary N) is 1. The van der Waals surface area contributed by atoms with Gasteiger partial charge in [-0.1, -0.05) is 6.07 Å². The van der Waals surface area contributed by atoms with Gasteiger partial charge < -0.3 is 26.6 Å². The predicted octanol–water partition coefficient (Wildman–Crippen LogP) is 2.15. The van der Waals surface area contributed by atoms with Crippen molar-refractivity contribution in [1.82, 2.24) is 0 Å². The van der Waals surface area contributed by atoms with Crippen molar-refractivity contribution in [3.8, 4) is 11.5 Å². The lowest BCUT2D eigenvalue weighted by Crippen LogP contribution is -2.20. The molecule has 0 radical (unpaired) electrons. The van der Waals surface area contributed by atoms with E-state index < -0.39 is 11.9 Å². The molecule has 2 rings (SSSR count). The van der Waals surface area contributed by atoms with E-state index in [1.165, 1.54) is 24.3 Å². The molecule has 0 heterocycles. The fraction of sp³-hybridized carbons (Fsp3) is 0.0667. The number of hydrogen-bond donors (Lipinski definition) is 5. The van der Waals surface area contributed by atoms with Crippen LogP contribution in [0.1, 0.15) is 15.9 Å². The maximum absolute atomic E-state index is 11.9. The monoisotopic (exact) mass is 301 g/mol. The van der Waals surface area contributed by atoms with Crippen LogP contribution in [-0.2, 0) is 0 Å². The molecular formula is C15H15N3O4. The molecule has 114 valence electrons. The number of anilines is 2. The topological polar surface area (TPSA) is 125 Å². The van der Waals surface area contributed by atoms with Crippen LogP contribution < -0.4 is 16.4 Å². The SMILES string of the molecule is Cc1ccc(NC(=O)Nc2cc(C(N)=O)ccc2O)c(O)c1. The van der Waals surface area contributed by atoms with Crippen molar-refractivity contribution < 1.29 is 19.8 Å². The number of phenolic OH excluding ortho intramolecular Hbond substituents is 2. The van der Waals surface area contributed by atoms with Crippen LogP contribution in [0.15, 0.2) is 36.4 Å². The zero-order chi connectivity index (χ0) is 16.3. The predicted molar refractivity (Wildman–Crippen MR) is 82.1 cm³/mol. The second kappa shape index (κ2) is 6.04. The molecule has 0 aromatic heterocycles. The first-order valence-electron chi connectivity index (χ1n) is 6.37. The number of carbonyl (C=O) groups excluding carboxylic acids is 2. The Kier molecular flexibility index (Phi) is 4.17. The fourth-order valence-electron chi connectivity index (χ4n) is 1.81. The number of rotatable bonds is 3. The Balaban J connectivity index is 2.15. The van der Waals surface area contributed by atoms with Crippen molar-refractivity contribution in [1.29, 1.82) is 0 Å². The lowest BCUT2D eigenvalue weighted by molar-refractivity contribution is 0.100. The zero-order valence-corrected chi connectivity index (χ0v) is 11.8. The maximum atomic E-state index is 11.9. The molecule has 3 amide bonds. The van der Waals surface area contributed by atoms with E-state index in [0.717, 1.165) is 5.56 Å². The molecule has 0 unspecified atom stereocenters. The number of phenols is 2. The number of nitrogens with one attached hydrogen (secondary N) is 2. The van der Waals surface area contributed by atoms with E-state index in [1.807, 2.05) is 0 Å². The number of carbonyl (C=O) groups is 2. The van der Waals surface area contributed by atoms with E-state index in [2.05, 4.69) is 10.6 Å². The fourth-order valence-corrected chi connectivity index (χ4v) is 1.81. The van der Waals surface area contributed by atoms with Crippen LogP contribution in [0.25, 0.3) is 0 Å². The Labute approximate surface area is 126 Å². The van der Waals surface area contributed by atoms with E-state index >= 15 is 0 Å². The number of aryl methyl sites for hydroxylation is 1. The second-order valence-corrected chi connectivity index (χ2v) is 4.70. The zero-order valence-electron chi connectivity index (χ0n) is 11.8. The summed E-state index contributed by atoms with van der Waals surface area (Å²) in [5, 5.41) is 24.2. The summed E-state index contributed by atoms with van der Waals surface area (Å²) in [7, 11) is 0. The van der Waals surface area contributed by atoms with Gasteiger partial charge in [-0.2, -0.15) is 0 Å². The lowest BCUT2D eigenvalue weighted by atomic mass is 10.2. The lowest BCUT2D eigenvalue weighted by Gasteiger charge is -2.11. The Morgan fingerprint density at radius 1 is 0.955 bits per heavy atom. The molecule has 6 N–H and O–H groups in total. The van der Waals surface area contributed by atoms with Gasteiger partial charge in [0.2, 0.25) is 5.91 Å². The minimum atomic E-state index is -0.684. The van der Waals surface area contributed by atoms with E-state index in [4.69, 9.17) is 5.73 Å². The standard InChI is InChI=1S/C15H15N3O4/c1-8-2-4-10(13(20)6-8)17-15(22)18-11-7-9(14(16)21)3-5-12(11)19/h2-7,19-20H,1H3,(H2,16,21)(H2,17,18,22). The van der Waals surface area contributed by atoms with Crippen molar-refractivity contribution in [2.24, 2.45) is 5.73 Å². The molecule has 0 spiro atoms. The third kappa shape index (κ3) is 3.45. The molecule has 0 aliphatic rings. The smallest absolute Gasteiger partial charge is 0.323 e. The van der Waals surface area contributed by atoms with Crippen LogP contribution in [0.3, 0.4) is 0 Å². The van der Waals surface area contributed by atoms with Gasteiger partial charge in [0.1, 0.15) is 11.5 Å². The first kappa shape index (κ1) is 15.2. The molecule has 22 heavy (non-hydrogen) atoms. The minimum Gasteiger partial charge on any atom is -0.506 e. The number of hydrogen-bond acceptors (Lipinski definition) is 4. The van der Waals surface area contributed by atoms with Crippen LogP contribution in [-0.4, -0.2) is 22.2 Å². The summed E-state index contributed by atoms with van der Waals surface area (Å²) in [6.07, 6.45) is 0. The highest BCUT2D eigenvalue weighted by molar-refractivity contribution is 6.02. The third-order valence-corrected chi connectivity index (χ3v) is 2.93. The van der Waals surface area contributed by atoms with Crippen molar-refractivity contribution in [2.45, 2.75) is 6.92 Å². The van der Waals surface area contributed by atoms with Crippen LogP contribution in [0, 0.1) is 6.92 Å². The van der Waals surface area contributed by atoms with Gasteiger partial charge >= 0.3 is 6.03 Å². The van der Waals surface area contributed by atoms with Crippen molar-refractivity contribution in [3.63, 3.8) is 0 Å². The Morgan fingerprint density at radius 3 is 2.27 bits per heavy atom. The van der Waals surface area contributed by atoms with E-state index in [-0.39, 0.29) is 28.4 Å². The van der Waals surface area contributed by atoms with Gasteiger partial charge in [-0.25, -0.2) is 4.79 Å². The first-order valence-corrected chi connectivity index (χ1v) is 6.37. The maximum Gasteiger partial charge on any atom is 0.323 e. The Bertz CT molecular complexity index is 744. The van der Waals surface area contributed by atoms with Gasteiger partial charge in [0.15, 0.2) is 0 Å². The van der Waals surface area contributed by atoms with Crippen LogP contribution in [0.5, 0.6) is 11.5 Å². The average molecular weight is 301 g/mol. The summed E-state index contributed by atoms with van der Waals surface area (Å²) < 4.78 is 0. The first-order chi connectivity index (χ1) is 10.4. The number of urea groups is 1. The van der Waals surface area contributed by atoms with Gasteiger partial charge in [-0.05, 0) is 42.8 Å². The summed E-state index contributed by atoms with van der Waals surface area (Å²) in [5.41, 5.74) is 6.37. The largest absolute Gasteiger partial charge is 0.506 e. The average Bonchev–Trinajstić information content (AvgIpc) is 2.44. The highest BCUT2D eigenvalue weighted by atomic mass is 16.3. The van der Waals surface area contributed by atoms with Crippen LogP contribution >= 0.6 is 0 Å². The van der Waals surface area contributed by atoms with E-state index in [0.29, 0.717) is 0 Å². The van der Waals surface area contributed by atoms with Crippen LogP contribution in [0.2, 0.25) is 0 Å². The van der Waals surface area contributed by atoms with E-state index in [9.17, 15) is 19.8 Å². The minimum absolute atomic E-state index is 0.0281. The highest BCUT2D eigenvalue weighted by Gasteiger charge is 2.11. The van der Waals surface area contributed by atoms with Crippen molar-refractivity contribution >= 4 is 23.3 Å². The molecule has 0 atom stereocenters. The summed E-state index contributed by atoms with van der Waals surface area (Å²) in [5.74, 6) is -0.974. The second-order valence-electron chi connectivity index (χ2n) is 4.70. The molecule has 0 aliphatic heterocycles. The van der Waals surface area contributed by atoms with Crippen molar-refractivity contribution in [3.05, 3.63) is 47.5 Å². The molecule has 7 heteroatoms. The van der Waals surface area contributed by atoms with Gasteiger partial charge in [-0.3, -0.25) is 4.79 Å². The highest BCUT2D eigenvalue weighted by Crippen LogP contribution is 2.26. The summed E-state index contributed by atoms with van der Waals surface area (Å²) in [6.45, 7) is 1.80. The van der Waals surface area contributed by atoms with Crippen molar-refractivity contribution in [2.75, 3.05) is 10.6 Å². The molecule has 0 saturated heterocycles. The van der Waals surface area contributed by atoms with E-state index in [1.54, 1.807) is 19.1 Å². The van der Waals surface area contributed by atoms with Gasteiger partial charge in [-0.15, -0.1) is 0 Å².